The fourth-order valence-corrected chi connectivity index (χ4v) is 2.82. The summed E-state index contributed by atoms with van der Waals surface area (Å²) >= 11 is 0. The van der Waals surface area contributed by atoms with Crippen molar-refractivity contribution >= 4 is 0 Å². The topological polar surface area (TPSA) is 28.2 Å². The molecule has 3 nitrogen and oxygen atoms in total. The number of piperidine rings is 1. The molecule has 1 atom stereocenters. The number of nitrogens with one attached hydrogen (secondary N) is 1. The lowest BCUT2D eigenvalue weighted by molar-refractivity contribution is 0.168. The molecule has 1 aliphatic rings. The van der Waals surface area contributed by atoms with Crippen molar-refractivity contribution in [3.63, 3.8) is 0 Å². The molecule has 0 aliphatic carbocycles. The van der Waals surface area contributed by atoms with Crippen molar-refractivity contribution in [2.45, 2.75) is 46.2 Å². The minimum Gasteiger partial charge on any atom is -0.310 e. The van der Waals surface area contributed by atoms with Gasteiger partial charge in [-0.05, 0) is 63.9 Å². The van der Waals surface area contributed by atoms with Gasteiger partial charge >= 0.3 is 0 Å². The fraction of sp³-hybridized carbons (Fsp3) is 0.688. The van der Waals surface area contributed by atoms with Crippen molar-refractivity contribution in [2.75, 3.05) is 19.6 Å². The van der Waals surface area contributed by atoms with Crippen LogP contribution >= 0.6 is 0 Å². The van der Waals surface area contributed by atoms with Crippen LogP contribution in [0.3, 0.4) is 0 Å². The Labute approximate surface area is 117 Å². The predicted octanol–water partition coefficient (Wildman–Crippen LogP) is 2.60. The maximum Gasteiger partial charge on any atom is 0.0372 e. The van der Waals surface area contributed by atoms with Crippen LogP contribution in [0.15, 0.2) is 18.3 Å². The summed E-state index contributed by atoms with van der Waals surface area (Å²) in [5.74, 6) is 0.821. The molecule has 1 saturated heterocycles. The number of rotatable bonds is 5. The third kappa shape index (κ3) is 4.29. The number of nitrogens with zero attached hydrogens (tertiary/aromatic N) is 2. The van der Waals surface area contributed by atoms with Crippen molar-refractivity contribution in [2.24, 2.45) is 5.92 Å². The molecule has 0 saturated carbocycles. The molecule has 106 valence electrons. The van der Waals surface area contributed by atoms with Gasteiger partial charge in [-0.25, -0.2) is 0 Å². The molecule has 1 fully saturated rings. The highest BCUT2D eigenvalue weighted by molar-refractivity contribution is 5.12. The highest BCUT2D eigenvalue weighted by Gasteiger charge is 2.22. The summed E-state index contributed by atoms with van der Waals surface area (Å²) < 4.78 is 0. The third-order valence-electron chi connectivity index (χ3n) is 4.39. The zero-order valence-electron chi connectivity index (χ0n) is 12.5. The van der Waals surface area contributed by atoms with E-state index in [0.717, 1.165) is 18.2 Å². The van der Waals surface area contributed by atoms with Gasteiger partial charge in [0.15, 0.2) is 0 Å². The van der Waals surface area contributed by atoms with Crippen LogP contribution in [0.4, 0.5) is 0 Å². The lowest BCUT2D eigenvalue weighted by Gasteiger charge is -2.34. The Morgan fingerprint density at radius 3 is 2.68 bits per heavy atom. The maximum absolute atomic E-state index is 4.34. The molecule has 0 radical (unpaired) electrons. The Morgan fingerprint density at radius 2 is 2.11 bits per heavy atom. The van der Waals surface area contributed by atoms with Crippen LogP contribution in [0.5, 0.6) is 0 Å². The molecule has 2 rings (SSSR count). The number of likely N-dealkylation sites (tertiary alicyclic amines) is 1. The summed E-state index contributed by atoms with van der Waals surface area (Å²) in [5.41, 5.74) is 2.37. The second-order valence-electron chi connectivity index (χ2n) is 5.75. The Morgan fingerprint density at radius 1 is 1.37 bits per heavy atom. The number of hydrogen-bond donors (Lipinski definition) is 1. The highest BCUT2D eigenvalue weighted by atomic mass is 15.1. The quantitative estimate of drug-likeness (QED) is 0.883. The van der Waals surface area contributed by atoms with Crippen molar-refractivity contribution in [1.82, 2.24) is 15.2 Å². The average Bonchev–Trinajstić information content (AvgIpc) is 2.46. The lowest BCUT2D eigenvalue weighted by atomic mass is 9.90. The summed E-state index contributed by atoms with van der Waals surface area (Å²) in [5, 5.41) is 3.66. The minimum absolute atomic E-state index is 0.598. The molecule has 0 amide bonds. The second-order valence-corrected chi connectivity index (χ2v) is 5.75. The maximum atomic E-state index is 4.34. The van der Waals surface area contributed by atoms with Crippen LogP contribution in [0.25, 0.3) is 0 Å². The van der Waals surface area contributed by atoms with E-state index in [0.29, 0.717) is 6.04 Å². The van der Waals surface area contributed by atoms with Gasteiger partial charge in [-0.3, -0.25) is 4.98 Å². The van der Waals surface area contributed by atoms with E-state index in [1.807, 2.05) is 13.1 Å². The number of pyridine rings is 1. The van der Waals surface area contributed by atoms with Gasteiger partial charge in [0, 0.05) is 24.5 Å². The van der Waals surface area contributed by atoms with E-state index in [-0.39, 0.29) is 0 Å². The Balaban J connectivity index is 1.75. The summed E-state index contributed by atoms with van der Waals surface area (Å²) in [7, 11) is 0. The number of aryl methyl sites for hydroxylation is 1. The molecular formula is C16H27N3. The Kier molecular flexibility index (Phi) is 5.34. The molecule has 0 bridgehead atoms. The van der Waals surface area contributed by atoms with Crippen molar-refractivity contribution in [1.29, 1.82) is 0 Å². The fourth-order valence-electron chi connectivity index (χ4n) is 2.82. The minimum atomic E-state index is 0.598. The van der Waals surface area contributed by atoms with E-state index >= 15 is 0 Å². The van der Waals surface area contributed by atoms with Gasteiger partial charge in [-0.1, -0.05) is 13.0 Å². The zero-order chi connectivity index (χ0) is 13.7. The van der Waals surface area contributed by atoms with E-state index in [4.69, 9.17) is 0 Å². The van der Waals surface area contributed by atoms with Gasteiger partial charge in [0.05, 0.1) is 0 Å². The first-order valence-corrected chi connectivity index (χ1v) is 7.56. The molecule has 19 heavy (non-hydrogen) atoms. The molecule has 0 aromatic carbocycles. The van der Waals surface area contributed by atoms with Crippen LogP contribution in [-0.4, -0.2) is 35.6 Å². The monoisotopic (exact) mass is 261 g/mol. The molecule has 0 spiro atoms. The molecule has 1 aromatic heterocycles. The smallest absolute Gasteiger partial charge is 0.0372 e. The Bertz CT molecular complexity index is 366. The van der Waals surface area contributed by atoms with E-state index in [1.54, 1.807) is 0 Å². The molecule has 2 heterocycles. The van der Waals surface area contributed by atoms with Gasteiger partial charge in [0.2, 0.25) is 0 Å². The first-order valence-electron chi connectivity index (χ1n) is 7.56. The van der Waals surface area contributed by atoms with E-state index in [9.17, 15) is 0 Å². The molecular weight excluding hydrogens is 234 g/mol. The predicted molar refractivity (Wildman–Crippen MR) is 80.1 cm³/mol. The highest BCUT2D eigenvalue weighted by Crippen LogP contribution is 2.20. The zero-order valence-corrected chi connectivity index (χ0v) is 12.5. The molecule has 3 heteroatoms. The summed E-state index contributed by atoms with van der Waals surface area (Å²) in [6.45, 7) is 11.3. The first kappa shape index (κ1) is 14.5. The standard InChI is InChI=1S/C16H27N3/c1-4-19-9-7-16(8-10-19)14(3)18-12-15-6-5-13(2)17-11-15/h5-6,11,14,16,18H,4,7-10,12H2,1-3H3. The largest absolute Gasteiger partial charge is 0.310 e. The number of aromatic nitrogens is 1. The van der Waals surface area contributed by atoms with Gasteiger partial charge < -0.3 is 10.2 Å². The van der Waals surface area contributed by atoms with Crippen molar-refractivity contribution in [3.05, 3.63) is 29.6 Å². The van der Waals surface area contributed by atoms with E-state index < -0.39 is 0 Å². The van der Waals surface area contributed by atoms with E-state index in [2.05, 4.69) is 41.2 Å². The van der Waals surface area contributed by atoms with Crippen molar-refractivity contribution in [3.8, 4) is 0 Å². The number of hydrogen-bond acceptors (Lipinski definition) is 3. The SMILES string of the molecule is CCN1CCC(C(C)NCc2ccc(C)nc2)CC1. The van der Waals surface area contributed by atoms with Crippen LogP contribution in [0, 0.1) is 12.8 Å². The van der Waals surface area contributed by atoms with Crippen LogP contribution in [0.1, 0.15) is 37.9 Å². The summed E-state index contributed by atoms with van der Waals surface area (Å²) in [6, 6.07) is 4.85. The van der Waals surface area contributed by atoms with Gasteiger partial charge in [-0.15, -0.1) is 0 Å². The molecule has 1 aromatic rings. The van der Waals surface area contributed by atoms with E-state index in [1.165, 1.54) is 38.0 Å². The van der Waals surface area contributed by atoms with Gasteiger partial charge in [-0.2, -0.15) is 0 Å². The van der Waals surface area contributed by atoms with Crippen LogP contribution in [-0.2, 0) is 6.54 Å². The molecule has 1 N–H and O–H groups in total. The van der Waals surface area contributed by atoms with Crippen molar-refractivity contribution < 1.29 is 0 Å². The first-order chi connectivity index (χ1) is 9.19. The van der Waals surface area contributed by atoms with Crippen LogP contribution in [0.2, 0.25) is 0 Å². The molecule has 1 aliphatic heterocycles. The summed E-state index contributed by atoms with van der Waals surface area (Å²) in [6.07, 6.45) is 4.64. The third-order valence-corrected chi connectivity index (χ3v) is 4.39. The second kappa shape index (κ2) is 7.01. The Hall–Kier alpha value is -0.930. The summed E-state index contributed by atoms with van der Waals surface area (Å²) in [4.78, 5) is 6.89. The normalized spacial score (nSPS) is 19.5. The van der Waals surface area contributed by atoms with Crippen LogP contribution < -0.4 is 5.32 Å². The lowest BCUT2D eigenvalue weighted by Crippen LogP contribution is -2.41. The molecule has 1 unspecified atom stereocenters. The van der Waals surface area contributed by atoms with Gasteiger partial charge in [0.1, 0.15) is 0 Å². The van der Waals surface area contributed by atoms with Gasteiger partial charge in [0.25, 0.3) is 0 Å². The average molecular weight is 261 g/mol.